The molecule has 1 unspecified atom stereocenters. The van der Waals surface area contributed by atoms with Crippen LogP contribution in [0.3, 0.4) is 0 Å². The van der Waals surface area contributed by atoms with Gasteiger partial charge in [-0.2, -0.15) is 0 Å². The summed E-state index contributed by atoms with van der Waals surface area (Å²) in [7, 11) is 0. The Hall–Kier alpha value is -0.110. The molecule has 0 aromatic heterocycles. The van der Waals surface area contributed by atoms with Gasteiger partial charge in [0.15, 0.2) is 0 Å². The molecule has 0 aromatic carbocycles. The molecule has 0 radical (unpaired) electrons. The highest BCUT2D eigenvalue weighted by molar-refractivity contribution is 4.68. The van der Waals surface area contributed by atoms with Gasteiger partial charge in [-0.05, 0) is 6.92 Å². The zero-order valence-corrected chi connectivity index (χ0v) is 3.70. The van der Waals surface area contributed by atoms with Gasteiger partial charge in [-0.3, -0.25) is 0 Å². The van der Waals surface area contributed by atoms with E-state index in [0.717, 1.165) is 0 Å². The maximum atomic E-state index is 12.0. The normalized spacial score (nSPS) is 45.0. The molecule has 1 atom stereocenters. The van der Waals surface area contributed by atoms with E-state index in [1.54, 1.807) is 0 Å². The molecular weight excluding hydrogens is 83.0 g/mol. The van der Waals surface area contributed by atoms with Gasteiger partial charge in [0.2, 0.25) is 5.85 Å². The minimum Gasteiger partial charge on any atom is -0.346 e. The molecule has 1 heterocycles. The lowest BCUT2D eigenvalue weighted by Crippen LogP contribution is -2.35. The second kappa shape index (κ2) is 0.936. The summed E-state index contributed by atoms with van der Waals surface area (Å²) in [6.45, 7) is 2.03. The molecule has 1 nitrogen and oxygen atoms in total. The maximum Gasteiger partial charge on any atom is 0.208 e. The lowest BCUT2D eigenvalue weighted by molar-refractivity contribution is -0.219. The number of rotatable bonds is 0. The van der Waals surface area contributed by atoms with Crippen molar-refractivity contribution in [3.05, 3.63) is 0 Å². The molecule has 0 spiro atoms. The van der Waals surface area contributed by atoms with Crippen LogP contribution in [0.5, 0.6) is 0 Å². The zero-order chi connectivity index (χ0) is 4.62. The first-order chi connectivity index (χ1) is 2.71. The van der Waals surface area contributed by atoms with Gasteiger partial charge in [-0.1, -0.05) is 0 Å². The number of hydrogen-bond acceptors (Lipinski definition) is 1. The Kier molecular flexibility index (Phi) is 0.634. The smallest absolute Gasteiger partial charge is 0.208 e. The first-order valence-corrected chi connectivity index (χ1v) is 2.04. The van der Waals surface area contributed by atoms with Crippen molar-refractivity contribution >= 4 is 0 Å². The molecule has 0 aromatic rings. The molecule has 0 N–H and O–H groups in total. The minimum absolute atomic E-state index is 0.562. The summed E-state index contributed by atoms with van der Waals surface area (Å²) in [6.07, 6.45) is 0.562. The van der Waals surface area contributed by atoms with Gasteiger partial charge in [0.25, 0.3) is 0 Å². The molecule has 1 fully saturated rings. The molecule has 0 amide bonds. The second-order valence-electron chi connectivity index (χ2n) is 1.70. The molecule has 36 valence electrons. The van der Waals surface area contributed by atoms with E-state index in [1.807, 2.05) is 0 Å². The van der Waals surface area contributed by atoms with E-state index >= 15 is 0 Å². The third-order valence-corrected chi connectivity index (χ3v) is 0.952. The van der Waals surface area contributed by atoms with Gasteiger partial charge >= 0.3 is 0 Å². The van der Waals surface area contributed by atoms with Crippen molar-refractivity contribution in [1.82, 2.24) is 0 Å². The summed E-state index contributed by atoms with van der Waals surface area (Å²) in [6, 6.07) is 0. The number of alkyl halides is 1. The van der Waals surface area contributed by atoms with Crippen LogP contribution >= 0.6 is 0 Å². The molecule has 0 aliphatic carbocycles. The summed E-state index contributed by atoms with van der Waals surface area (Å²) in [5, 5.41) is 0. The Morgan fingerprint density at radius 1 is 1.83 bits per heavy atom. The molecule has 0 saturated carbocycles. The van der Waals surface area contributed by atoms with Crippen LogP contribution in [0.15, 0.2) is 0 Å². The van der Waals surface area contributed by atoms with Crippen LogP contribution in [0.1, 0.15) is 13.3 Å². The maximum absolute atomic E-state index is 12.0. The molecule has 0 bridgehead atoms. The third-order valence-electron chi connectivity index (χ3n) is 0.952. The Morgan fingerprint density at radius 3 is 2.17 bits per heavy atom. The average molecular weight is 90.1 g/mol. The number of halogens is 1. The summed E-state index contributed by atoms with van der Waals surface area (Å²) in [4.78, 5) is 0. The number of hydrogen-bond donors (Lipinski definition) is 0. The van der Waals surface area contributed by atoms with Gasteiger partial charge in [0.05, 0.1) is 6.61 Å². The standard InChI is InChI=1S/C4H7FO/c1-4(5)2-3-6-4/h2-3H2,1H3. The lowest BCUT2D eigenvalue weighted by atomic mass is 10.2. The van der Waals surface area contributed by atoms with E-state index in [2.05, 4.69) is 4.74 Å². The Bertz CT molecular complexity index is 54.6. The first-order valence-electron chi connectivity index (χ1n) is 2.04. The molecule has 1 aliphatic rings. The Balaban J connectivity index is 2.31. The van der Waals surface area contributed by atoms with Crippen LogP contribution in [0.25, 0.3) is 0 Å². The van der Waals surface area contributed by atoms with Crippen molar-refractivity contribution in [3.8, 4) is 0 Å². The second-order valence-corrected chi connectivity index (χ2v) is 1.70. The topological polar surface area (TPSA) is 9.23 Å². The molecule has 2 heteroatoms. The summed E-state index contributed by atoms with van der Waals surface area (Å²) >= 11 is 0. The fourth-order valence-electron chi connectivity index (χ4n) is 0.383. The first kappa shape index (κ1) is 4.06. The van der Waals surface area contributed by atoms with Crippen LogP contribution in [-0.4, -0.2) is 12.5 Å². The molecule has 6 heavy (non-hydrogen) atoms. The summed E-state index contributed by atoms with van der Waals surface area (Å²) in [5.41, 5.74) is 0. The van der Waals surface area contributed by atoms with E-state index in [1.165, 1.54) is 6.92 Å². The Labute approximate surface area is 36.1 Å². The SMILES string of the molecule is CC1(F)CCO1. The van der Waals surface area contributed by atoms with Crippen molar-refractivity contribution in [1.29, 1.82) is 0 Å². The van der Waals surface area contributed by atoms with E-state index in [9.17, 15) is 4.39 Å². The van der Waals surface area contributed by atoms with Gasteiger partial charge in [-0.25, -0.2) is 4.39 Å². The van der Waals surface area contributed by atoms with Gasteiger partial charge in [0, 0.05) is 6.42 Å². The van der Waals surface area contributed by atoms with E-state index < -0.39 is 5.85 Å². The fraction of sp³-hybridized carbons (Fsp3) is 1.00. The molecular formula is C4H7FO. The summed E-state index contributed by atoms with van der Waals surface area (Å²) < 4.78 is 16.4. The van der Waals surface area contributed by atoms with E-state index in [0.29, 0.717) is 13.0 Å². The van der Waals surface area contributed by atoms with E-state index in [-0.39, 0.29) is 0 Å². The predicted molar refractivity (Wildman–Crippen MR) is 20.1 cm³/mol. The highest BCUT2D eigenvalue weighted by atomic mass is 19.2. The molecule has 1 saturated heterocycles. The van der Waals surface area contributed by atoms with Crippen molar-refractivity contribution < 1.29 is 9.13 Å². The van der Waals surface area contributed by atoms with Gasteiger partial charge in [0.1, 0.15) is 0 Å². The highest BCUT2D eigenvalue weighted by Crippen LogP contribution is 2.25. The lowest BCUT2D eigenvalue weighted by Gasteiger charge is -2.29. The minimum atomic E-state index is -1.28. The van der Waals surface area contributed by atoms with Crippen LogP contribution < -0.4 is 0 Å². The summed E-state index contributed by atoms with van der Waals surface area (Å²) in [5.74, 6) is -1.28. The third kappa shape index (κ3) is 0.522. The molecule has 1 rings (SSSR count). The number of ether oxygens (including phenoxy) is 1. The van der Waals surface area contributed by atoms with Crippen LogP contribution in [0, 0.1) is 0 Å². The van der Waals surface area contributed by atoms with Crippen molar-refractivity contribution in [3.63, 3.8) is 0 Å². The Morgan fingerprint density at radius 2 is 2.17 bits per heavy atom. The predicted octanol–water partition coefficient (Wildman–Crippen LogP) is 1.09. The fourth-order valence-corrected chi connectivity index (χ4v) is 0.383. The van der Waals surface area contributed by atoms with Crippen LogP contribution in [0.2, 0.25) is 0 Å². The van der Waals surface area contributed by atoms with Crippen molar-refractivity contribution in [2.24, 2.45) is 0 Å². The average Bonchev–Trinajstić information content (AvgIpc) is 1.32. The molecule has 1 aliphatic heterocycles. The monoisotopic (exact) mass is 90.0 g/mol. The van der Waals surface area contributed by atoms with Crippen LogP contribution in [-0.2, 0) is 4.74 Å². The largest absolute Gasteiger partial charge is 0.346 e. The quantitative estimate of drug-likeness (QED) is 0.432. The highest BCUT2D eigenvalue weighted by Gasteiger charge is 2.31. The van der Waals surface area contributed by atoms with Crippen molar-refractivity contribution in [2.45, 2.75) is 19.2 Å². The zero-order valence-electron chi connectivity index (χ0n) is 3.70. The van der Waals surface area contributed by atoms with Crippen molar-refractivity contribution in [2.75, 3.05) is 6.61 Å². The van der Waals surface area contributed by atoms with Gasteiger partial charge in [-0.15, -0.1) is 0 Å². The van der Waals surface area contributed by atoms with Gasteiger partial charge < -0.3 is 4.74 Å². The van der Waals surface area contributed by atoms with E-state index in [4.69, 9.17) is 0 Å². The van der Waals surface area contributed by atoms with Crippen LogP contribution in [0.4, 0.5) is 4.39 Å².